The topological polar surface area (TPSA) is 58.6 Å². The van der Waals surface area contributed by atoms with E-state index in [0.29, 0.717) is 18.7 Å². The first-order valence-electron chi connectivity index (χ1n) is 6.37. The number of ether oxygens (including phenoxy) is 1. The summed E-state index contributed by atoms with van der Waals surface area (Å²) in [5.74, 6) is -0.300. The molecule has 18 heavy (non-hydrogen) atoms. The van der Waals surface area contributed by atoms with Crippen molar-refractivity contribution in [3.05, 3.63) is 12.2 Å². The van der Waals surface area contributed by atoms with Crippen LogP contribution < -0.4 is 5.32 Å². The summed E-state index contributed by atoms with van der Waals surface area (Å²) < 4.78 is 4.90. The van der Waals surface area contributed by atoms with Gasteiger partial charge in [0.05, 0.1) is 6.61 Å². The van der Waals surface area contributed by atoms with Gasteiger partial charge in [-0.2, -0.15) is 0 Å². The van der Waals surface area contributed by atoms with E-state index in [0.717, 1.165) is 25.9 Å². The number of esters is 1. The maximum atomic E-state index is 11.4. The first-order chi connectivity index (χ1) is 8.52. The first kappa shape index (κ1) is 14.7. The standard InChI is InChI=1S/C13H22N2O3/c1-4-18-13(17)10(2)9-15-7-5-12(6-8-15)14-11(3)16/h12H,2,4-9H2,1,3H3,(H,14,16). The monoisotopic (exact) mass is 254 g/mol. The zero-order valence-corrected chi connectivity index (χ0v) is 11.2. The Morgan fingerprint density at radius 1 is 1.39 bits per heavy atom. The van der Waals surface area contributed by atoms with Crippen molar-refractivity contribution >= 4 is 11.9 Å². The summed E-state index contributed by atoms with van der Waals surface area (Å²) in [7, 11) is 0. The van der Waals surface area contributed by atoms with Crippen molar-refractivity contribution in [1.82, 2.24) is 10.2 Å². The largest absolute Gasteiger partial charge is 0.463 e. The van der Waals surface area contributed by atoms with Crippen molar-refractivity contribution in [1.29, 1.82) is 0 Å². The Hall–Kier alpha value is -1.36. The highest BCUT2D eigenvalue weighted by atomic mass is 16.5. The van der Waals surface area contributed by atoms with E-state index in [2.05, 4.69) is 16.8 Å². The summed E-state index contributed by atoms with van der Waals surface area (Å²) in [6, 6.07) is 0.259. The van der Waals surface area contributed by atoms with Crippen molar-refractivity contribution in [3.63, 3.8) is 0 Å². The number of piperidine rings is 1. The fourth-order valence-corrected chi connectivity index (χ4v) is 2.09. The summed E-state index contributed by atoms with van der Waals surface area (Å²) >= 11 is 0. The second-order valence-electron chi connectivity index (χ2n) is 4.57. The number of likely N-dealkylation sites (tertiary alicyclic amines) is 1. The lowest BCUT2D eigenvalue weighted by Gasteiger charge is -2.32. The minimum Gasteiger partial charge on any atom is -0.463 e. The first-order valence-corrected chi connectivity index (χ1v) is 6.37. The average molecular weight is 254 g/mol. The number of rotatable bonds is 5. The van der Waals surface area contributed by atoms with Crippen LogP contribution in [0.3, 0.4) is 0 Å². The van der Waals surface area contributed by atoms with Crippen LogP contribution in [0.1, 0.15) is 26.7 Å². The Morgan fingerprint density at radius 3 is 2.50 bits per heavy atom. The molecule has 0 radical (unpaired) electrons. The van der Waals surface area contributed by atoms with Crippen LogP contribution in [-0.4, -0.2) is 49.1 Å². The highest BCUT2D eigenvalue weighted by Crippen LogP contribution is 2.12. The molecule has 0 saturated carbocycles. The molecule has 1 heterocycles. The Morgan fingerprint density at radius 2 is 2.00 bits per heavy atom. The minimum absolute atomic E-state index is 0.0179. The molecule has 1 amide bonds. The van der Waals surface area contributed by atoms with Crippen LogP contribution in [0.4, 0.5) is 0 Å². The Kier molecular flexibility index (Phi) is 5.85. The van der Waals surface area contributed by atoms with Gasteiger partial charge in [0.15, 0.2) is 0 Å². The van der Waals surface area contributed by atoms with Crippen molar-refractivity contribution < 1.29 is 14.3 Å². The lowest BCUT2D eigenvalue weighted by Crippen LogP contribution is -2.44. The lowest BCUT2D eigenvalue weighted by atomic mass is 10.0. The summed E-state index contributed by atoms with van der Waals surface area (Å²) in [6.45, 7) is 9.72. The third-order valence-corrected chi connectivity index (χ3v) is 2.97. The van der Waals surface area contributed by atoms with E-state index < -0.39 is 0 Å². The molecule has 1 saturated heterocycles. The number of amides is 1. The molecule has 1 fully saturated rings. The van der Waals surface area contributed by atoms with Crippen LogP contribution in [0.2, 0.25) is 0 Å². The second-order valence-corrected chi connectivity index (χ2v) is 4.57. The van der Waals surface area contributed by atoms with E-state index in [1.54, 1.807) is 6.92 Å². The summed E-state index contributed by atoms with van der Waals surface area (Å²) in [6.07, 6.45) is 1.82. The normalized spacial score (nSPS) is 17.2. The fourth-order valence-electron chi connectivity index (χ4n) is 2.09. The quantitative estimate of drug-likeness (QED) is 0.580. The smallest absolute Gasteiger partial charge is 0.334 e. The molecular weight excluding hydrogens is 232 g/mol. The molecule has 0 unspecified atom stereocenters. The Labute approximate surface area is 108 Å². The van der Waals surface area contributed by atoms with Crippen LogP contribution in [0.5, 0.6) is 0 Å². The summed E-state index contributed by atoms with van der Waals surface area (Å²) in [4.78, 5) is 24.5. The molecule has 0 spiro atoms. The predicted molar refractivity (Wildman–Crippen MR) is 69.1 cm³/mol. The molecule has 1 aliphatic rings. The van der Waals surface area contributed by atoms with E-state index in [1.165, 1.54) is 6.92 Å². The molecule has 0 aromatic rings. The van der Waals surface area contributed by atoms with Crippen molar-refractivity contribution in [2.45, 2.75) is 32.7 Å². The number of nitrogens with one attached hydrogen (secondary N) is 1. The lowest BCUT2D eigenvalue weighted by molar-refractivity contribution is -0.138. The predicted octanol–water partition coefficient (Wildman–Crippen LogP) is 0.706. The number of carbonyl (C=O) groups is 2. The SMILES string of the molecule is C=C(CN1CCC(NC(C)=O)CC1)C(=O)OCC. The molecule has 1 rings (SSSR count). The van der Waals surface area contributed by atoms with Gasteiger partial charge >= 0.3 is 5.97 Å². The number of nitrogens with zero attached hydrogens (tertiary/aromatic N) is 1. The van der Waals surface area contributed by atoms with Gasteiger partial charge in [-0.1, -0.05) is 6.58 Å². The Balaban J connectivity index is 2.29. The molecule has 5 heteroatoms. The van der Waals surface area contributed by atoms with E-state index in [1.807, 2.05) is 0 Å². The van der Waals surface area contributed by atoms with Gasteiger partial charge in [-0.25, -0.2) is 4.79 Å². The van der Waals surface area contributed by atoms with Crippen molar-refractivity contribution in [2.24, 2.45) is 0 Å². The molecule has 0 bridgehead atoms. The van der Waals surface area contributed by atoms with Gasteiger partial charge in [-0.05, 0) is 19.8 Å². The molecule has 1 aliphatic heterocycles. The minimum atomic E-state index is -0.318. The molecule has 0 aromatic heterocycles. The second kappa shape index (κ2) is 7.16. The van der Waals surface area contributed by atoms with Crippen LogP contribution in [0.15, 0.2) is 12.2 Å². The van der Waals surface area contributed by atoms with Gasteiger partial charge in [0.1, 0.15) is 0 Å². The van der Waals surface area contributed by atoms with Gasteiger partial charge in [0.25, 0.3) is 0 Å². The van der Waals surface area contributed by atoms with Gasteiger partial charge in [0, 0.05) is 38.2 Å². The van der Waals surface area contributed by atoms with Crippen LogP contribution >= 0.6 is 0 Å². The third kappa shape index (κ3) is 4.87. The van der Waals surface area contributed by atoms with Gasteiger partial charge in [-0.3, -0.25) is 9.69 Å². The van der Waals surface area contributed by atoms with Gasteiger partial charge in [0.2, 0.25) is 5.91 Å². The van der Waals surface area contributed by atoms with E-state index in [9.17, 15) is 9.59 Å². The number of carbonyl (C=O) groups excluding carboxylic acids is 2. The molecule has 0 atom stereocenters. The highest BCUT2D eigenvalue weighted by Gasteiger charge is 2.21. The van der Waals surface area contributed by atoms with Crippen LogP contribution in [-0.2, 0) is 14.3 Å². The zero-order valence-electron chi connectivity index (χ0n) is 11.2. The van der Waals surface area contributed by atoms with Gasteiger partial charge < -0.3 is 10.1 Å². The highest BCUT2D eigenvalue weighted by molar-refractivity contribution is 5.88. The third-order valence-electron chi connectivity index (χ3n) is 2.97. The van der Waals surface area contributed by atoms with Crippen molar-refractivity contribution in [2.75, 3.05) is 26.2 Å². The summed E-state index contributed by atoms with van der Waals surface area (Å²) in [5.41, 5.74) is 0.495. The van der Waals surface area contributed by atoms with E-state index in [4.69, 9.17) is 4.74 Å². The zero-order chi connectivity index (χ0) is 13.5. The molecule has 0 aliphatic carbocycles. The van der Waals surface area contributed by atoms with Crippen molar-refractivity contribution in [3.8, 4) is 0 Å². The maximum Gasteiger partial charge on any atom is 0.334 e. The van der Waals surface area contributed by atoms with E-state index >= 15 is 0 Å². The summed E-state index contributed by atoms with van der Waals surface area (Å²) in [5, 5.41) is 2.92. The molecular formula is C13H22N2O3. The number of hydrogen-bond donors (Lipinski definition) is 1. The van der Waals surface area contributed by atoms with Gasteiger partial charge in [-0.15, -0.1) is 0 Å². The maximum absolute atomic E-state index is 11.4. The molecule has 1 N–H and O–H groups in total. The van der Waals surface area contributed by atoms with E-state index in [-0.39, 0.29) is 17.9 Å². The molecule has 102 valence electrons. The Bertz CT molecular complexity index is 320. The van der Waals surface area contributed by atoms with Crippen LogP contribution in [0, 0.1) is 0 Å². The number of hydrogen-bond acceptors (Lipinski definition) is 4. The molecule has 0 aromatic carbocycles. The van der Waals surface area contributed by atoms with Crippen LogP contribution in [0.25, 0.3) is 0 Å². The fraction of sp³-hybridized carbons (Fsp3) is 0.692. The molecule has 5 nitrogen and oxygen atoms in total. The average Bonchev–Trinajstić information content (AvgIpc) is 2.31.